The molecule has 3 aromatic rings. The molecule has 3 heterocycles. The highest BCUT2D eigenvalue weighted by atomic mass is 35.5. The van der Waals surface area contributed by atoms with E-state index in [-0.39, 0.29) is 12.0 Å². The number of primary amides is 1. The molecule has 0 aliphatic carbocycles. The topological polar surface area (TPSA) is 58.8 Å². The van der Waals surface area contributed by atoms with Gasteiger partial charge in [-0.1, -0.05) is 23.7 Å². The fourth-order valence-electron chi connectivity index (χ4n) is 4.96. The van der Waals surface area contributed by atoms with E-state index < -0.39 is 0 Å². The van der Waals surface area contributed by atoms with Crippen molar-refractivity contribution in [1.82, 2.24) is 4.90 Å². The Bertz CT molecular complexity index is 1150. The molecule has 5 rings (SSSR count). The second-order valence-electron chi connectivity index (χ2n) is 8.78. The number of hydrogen-bond donors (Lipinski definition) is 1. The lowest BCUT2D eigenvalue weighted by molar-refractivity contribution is 0.0255. The molecule has 0 spiro atoms. The molecule has 1 fully saturated rings. The Labute approximate surface area is 197 Å². The first-order valence-electron chi connectivity index (χ1n) is 11.2. The van der Waals surface area contributed by atoms with Crippen LogP contribution >= 0.6 is 22.9 Å². The van der Waals surface area contributed by atoms with Crippen LogP contribution in [0, 0.1) is 0 Å². The smallest absolute Gasteiger partial charge is 0.248 e. The highest BCUT2D eigenvalue weighted by Crippen LogP contribution is 2.34. The number of nitrogens with two attached hydrogens (primary N) is 1. The summed E-state index contributed by atoms with van der Waals surface area (Å²) in [6.07, 6.45) is 1.87. The number of piperazine rings is 1. The third-order valence-corrected chi connectivity index (χ3v) is 7.97. The fourth-order valence-corrected chi connectivity index (χ4v) is 6.15. The van der Waals surface area contributed by atoms with Crippen molar-refractivity contribution < 1.29 is 9.53 Å². The molecule has 2 N–H and O–H groups in total. The lowest BCUT2D eigenvalue weighted by Crippen LogP contribution is -2.52. The number of fused-ring (bicyclic) bond motifs is 2. The summed E-state index contributed by atoms with van der Waals surface area (Å²) in [5.74, 6) is -0.371. The maximum atomic E-state index is 11.5. The van der Waals surface area contributed by atoms with Gasteiger partial charge in [0, 0.05) is 48.2 Å². The summed E-state index contributed by atoms with van der Waals surface area (Å²) in [6, 6.07) is 14.9. The van der Waals surface area contributed by atoms with Crippen LogP contribution < -0.4 is 10.6 Å². The van der Waals surface area contributed by atoms with Gasteiger partial charge in [-0.05, 0) is 66.6 Å². The van der Waals surface area contributed by atoms with Gasteiger partial charge in [0.25, 0.3) is 0 Å². The van der Waals surface area contributed by atoms with Gasteiger partial charge < -0.3 is 15.4 Å². The van der Waals surface area contributed by atoms with Crippen molar-refractivity contribution in [1.29, 1.82) is 0 Å². The summed E-state index contributed by atoms with van der Waals surface area (Å²) in [7, 11) is 0. The normalized spacial score (nSPS) is 21.6. The number of rotatable bonds is 5. The van der Waals surface area contributed by atoms with Crippen molar-refractivity contribution in [3.8, 4) is 0 Å². The van der Waals surface area contributed by atoms with Gasteiger partial charge in [0.05, 0.1) is 17.0 Å². The minimum Gasteiger partial charge on any atom is -0.373 e. The van der Waals surface area contributed by atoms with Crippen molar-refractivity contribution in [2.24, 2.45) is 5.73 Å². The first-order valence-corrected chi connectivity index (χ1v) is 12.4. The molecule has 32 heavy (non-hydrogen) atoms. The largest absolute Gasteiger partial charge is 0.373 e. The van der Waals surface area contributed by atoms with E-state index >= 15 is 0 Å². The number of thiophene rings is 1. The Hall–Kier alpha value is -2.12. The first kappa shape index (κ1) is 21.7. The quantitative estimate of drug-likeness (QED) is 0.579. The Morgan fingerprint density at radius 1 is 1.22 bits per heavy atom. The molecule has 0 saturated carbocycles. The summed E-state index contributed by atoms with van der Waals surface area (Å²) in [6.45, 7) is 7.05. The van der Waals surface area contributed by atoms with Crippen molar-refractivity contribution in [3.05, 3.63) is 63.5 Å². The molecular formula is C25H28ClN3O2S. The number of carbonyl (C=O) groups is 1. The monoisotopic (exact) mass is 469 g/mol. The zero-order chi connectivity index (χ0) is 22.2. The molecule has 2 aliphatic rings. The summed E-state index contributed by atoms with van der Waals surface area (Å²) in [5.41, 5.74) is 9.70. The summed E-state index contributed by atoms with van der Waals surface area (Å²) in [5, 5.41) is 1.21. The molecule has 0 radical (unpaired) electrons. The number of carbonyl (C=O) groups excluding carboxylic acids is 1. The van der Waals surface area contributed by atoms with Gasteiger partial charge in [-0.15, -0.1) is 11.3 Å². The van der Waals surface area contributed by atoms with Gasteiger partial charge in [0.2, 0.25) is 5.91 Å². The molecule has 5 nitrogen and oxygen atoms in total. The SMILES string of the molecule is C[C@@H]1CN(c2ccc3cc(Cl)sc3c2)CCN1CCC1OCCc2cc(C(N)=O)ccc21. The highest BCUT2D eigenvalue weighted by Gasteiger charge is 2.27. The van der Waals surface area contributed by atoms with E-state index in [4.69, 9.17) is 22.1 Å². The summed E-state index contributed by atoms with van der Waals surface area (Å²) >= 11 is 7.82. The van der Waals surface area contributed by atoms with Crippen LogP contribution in [0.3, 0.4) is 0 Å². The number of amides is 1. The van der Waals surface area contributed by atoms with Crippen molar-refractivity contribution in [2.75, 3.05) is 37.7 Å². The van der Waals surface area contributed by atoms with Crippen LogP contribution in [0.1, 0.15) is 40.9 Å². The number of ether oxygens (including phenoxy) is 1. The average Bonchev–Trinajstić information content (AvgIpc) is 3.17. The van der Waals surface area contributed by atoms with Gasteiger partial charge in [0.1, 0.15) is 0 Å². The van der Waals surface area contributed by atoms with Crippen LogP contribution in [-0.4, -0.2) is 49.6 Å². The van der Waals surface area contributed by atoms with Crippen LogP contribution in [0.15, 0.2) is 42.5 Å². The minimum absolute atomic E-state index is 0.0805. The first-order chi connectivity index (χ1) is 15.5. The third kappa shape index (κ3) is 4.37. The minimum atomic E-state index is -0.371. The van der Waals surface area contributed by atoms with E-state index in [1.807, 2.05) is 24.3 Å². The highest BCUT2D eigenvalue weighted by molar-refractivity contribution is 7.22. The van der Waals surface area contributed by atoms with Gasteiger partial charge in [-0.3, -0.25) is 9.69 Å². The van der Waals surface area contributed by atoms with Crippen LogP contribution in [0.4, 0.5) is 5.69 Å². The van der Waals surface area contributed by atoms with Gasteiger partial charge >= 0.3 is 0 Å². The predicted molar refractivity (Wildman–Crippen MR) is 132 cm³/mol. The van der Waals surface area contributed by atoms with E-state index in [0.717, 1.165) is 43.4 Å². The predicted octanol–water partition coefficient (Wildman–Crippen LogP) is 4.87. The van der Waals surface area contributed by atoms with Crippen LogP contribution in [-0.2, 0) is 11.2 Å². The Morgan fingerprint density at radius 3 is 2.91 bits per heavy atom. The molecular weight excluding hydrogens is 442 g/mol. The molecule has 2 aliphatic heterocycles. The van der Waals surface area contributed by atoms with Gasteiger partial charge in [-0.2, -0.15) is 0 Å². The van der Waals surface area contributed by atoms with E-state index in [1.165, 1.54) is 26.9 Å². The maximum absolute atomic E-state index is 11.5. The van der Waals surface area contributed by atoms with E-state index in [0.29, 0.717) is 18.2 Å². The molecule has 168 valence electrons. The Morgan fingerprint density at radius 2 is 2.09 bits per heavy atom. The van der Waals surface area contributed by atoms with Gasteiger partial charge in [-0.25, -0.2) is 0 Å². The third-order valence-electron chi connectivity index (χ3n) is 6.75. The van der Waals surface area contributed by atoms with Crippen molar-refractivity contribution >= 4 is 44.6 Å². The lowest BCUT2D eigenvalue weighted by Gasteiger charge is -2.41. The number of hydrogen-bond acceptors (Lipinski definition) is 5. The average molecular weight is 470 g/mol. The number of halogens is 1. The molecule has 1 aromatic heterocycles. The fraction of sp³-hybridized carbons (Fsp3) is 0.400. The van der Waals surface area contributed by atoms with E-state index in [9.17, 15) is 4.79 Å². The van der Waals surface area contributed by atoms with Gasteiger partial charge in [0.15, 0.2) is 0 Å². The molecule has 1 saturated heterocycles. The lowest BCUT2D eigenvalue weighted by atomic mass is 9.93. The number of anilines is 1. The van der Waals surface area contributed by atoms with E-state index in [1.54, 1.807) is 11.3 Å². The second kappa shape index (κ2) is 9.02. The van der Waals surface area contributed by atoms with Crippen LogP contribution in [0.2, 0.25) is 4.34 Å². The maximum Gasteiger partial charge on any atom is 0.248 e. The zero-order valence-corrected chi connectivity index (χ0v) is 19.8. The Balaban J connectivity index is 1.21. The second-order valence-corrected chi connectivity index (χ2v) is 10.5. The van der Waals surface area contributed by atoms with Crippen LogP contribution in [0.25, 0.3) is 10.1 Å². The Kier molecular flexibility index (Phi) is 6.12. The molecule has 2 aromatic carbocycles. The van der Waals surface area contributed by atoms with E-state index in [2.05, 4.69) is 34.9 Å². The summed E-state index contributed by atoms with van der Waals surface area (Å²) in [4.78, 5) is 16.5. The van der Waals surface area contributed by atoms with Crippen molar-refractivity contribution in [2.45, 2.75) is 31.9 Å². The zero-order valence-electron chi connectivity index (χ0n) is 18.2. The molecule has 7 heteroatoms. The van der Waals surface area contributed by atoms with Crippen LogP contribution in [0.5, 0.6) is 0 Å². The molecule has 2 atom stereocenters. The van der Waals surface area contributed by atoms with Crippen molar-refractivity contribution in [3.63, 3.8) is 0 Å². The number of benzene rings is 2. The molecule has 1 amide bonds. The standard InChI is InChI=1S/C25H28ClN3O2S/c1-16-15-29(20-4-2-18-13-24(26)32-23(18)14-20)10-9-28(16)8-6-22-21-5-3-19(25(27)30)12-17(21)7-11-31-22/h2-5,12-14,16,22H,6-11,15H2,1H3,(H2,27,30)/t16-,22?/m1/s1. The number of nitrogens with zero attached hydrogens (tertiary/aromatic N) is 2. The summed E-state index contributed by atoms with van der Waals surface area (Å²) < 4.78 is 8.19. The molecule has 0 bridgehead atoms. The molecule has 1 unspecified atom stereocenters.